The Balaban J connectivity index is 2.07. The quantitative estimate of drug-likeness (QED) is 0.858. The maximum atomic E-state index is 12.3. The smallest absolute Gasteiger partial charge is 0.216 e. The predicted molar refractivity (Wildman–Crippen MR) is 87.6 cm³/mol. The Labute approximate surface area is 130 Å². The molecule has 0 aliphatic heterocycles. The van der Waals surface area contributed by atoms with Crippen LogP contribution in [0.5, 0.6) is 0 Å². The summed E-state index contributed by atoms with van der Waals surface area (Å²) in [6, 6.07) is 11.1. The summed E-state index contributed by atoms with van der Waals surface area (Å²) in [5.41, 5.74) is 7.26. The van der Waals surface area contributed by atoms with Crippen molar-refractivity contribution < 1.29 is 8.42 Å². The largest absolute Gasteiger partial charge is 0.326 e. The highest BCUT2D eigenvalue weighted by atomic mass is 32.2. The van der Waals surface area contributed by atoms with Crippen LogP contribution in [0.1, 0.15) is 33.8 Å². The average Bonchev–Trinajstić information content (AvgIpc) is 2.84. The summed E-state index contributed by atoms with van der Waals surface area (Å²) in [4.78, 5) is 2.19. The molecule has 0 radical (unpaired) electrons. The second-order valence-corrected chi connectivity index (χ2v) is 8.14. The van der Waals surface area contributed by atoms with Gasteiger partial charge in [0.25, 0.3) is 0 Å². The van der Waals surface area contributed by atoms with Crippen LogP contribution < -0.4 is 10.5 Å². The Bertz CT molecular complexity index is 708. The van der Waals surface area contributed by atoms with Crippen LogP contribution in [0.25, 0.3) is 0 Å². The maximum Gasteiger partial charge on any atom is 0.216 e. The minimum atomic E-state index is -3.38. The Hall–Kier alpha value is -1.21. The Morgan fingerprint density at radius 1 is 1.24 bits per heavy atom. The summed E-state index contributed by atoms with van der Waals surface area (Å²) in [5.74, 6) is -0.0322. The number of rotatable bonds is 6. The number of sulfonamides is 1. The SMILES string of the molecule is Cc1ccc(C(C)NS(=O)(=O)Cc2cccc(CN)c2)s1. The fourth-order valence-corrected chi connectivity index (χ4v) is 4.44. The van der Waals surface area contributed by atoms with Gasteiger partial charge in [-0.05, 0) is 37.1 Å². The van der Waals surface area contributed by atoms with E-state index in [1.165, 1.54) is 4.88 Å². The lowest BCUT2D eigenvalue weighted by Crippen LogP contribution is -2.27. The van der Waals surface area contributed by atoms with Crippen LogP contribution in [0.3, 0.4) is 0 Å². The third-order valence-electron chi connectivity index (χ3n) is 3.13. The third-order valence-corrected chi connectivity index (χ3v) is 5.74. The van der Waals surface area contributed by atoms with Gasteiger partial charge in [0, 0.05) is 16.3 Å². The standard InChI is InChI=1S/C15H20N2O2S2/c1-11-6-7-15(20-11)12(2)17-21(18,19)10-14-5-3-4-13(8-14)9-16/h3-8,12,17H,9-10,16H2,1-2H3. The number of aryl methyl sites for hydroxylation is 1. The van der Waals surface area contributed by atoms with Crippen LogP contribution in [0.4, 0.5) is 0 Å². The van der Waals surface area contributed by atoms with Crippen molar-refractivity contribution in [1.82, 2.24) is 4.72 Å². The summed E-state index contributed by atoms with van der Waals surface area (Å²) < 4.78 is 27.2. The molecule has 0 fully saturated rings. The minimum absolute atomic E-state index is 0.0322. The molecule has 2 aromatic rings. The first-order valence-electron chi connectivity index (χ1n) is 6.74. The van der Waals surface area contributed by atoms with Crippen LogP contribution in [0, 0.1) is 6.92 Å². The lowest BCUT2D eigenvalue weighted by atomic mass is 10.1. The van der Waals surface area contributed by atoms with Gasteiger partial charge in [-0.15, -0.1) is 11.3 Å². The van der Waals surface area contributed by atoms with Crippen molar-refractivity contribution in [1.29, 1.82) is 0 Å². The second kappa shape index (κ2) is 6.70. The van der Waals surface area contributed by atoms with Gasteiger partial charge in [-0.1, -0.05) is 24.3 Å². The molecule has 1 heterocycles. The van der Waals surface area contributed by atoms with Gasteiger partial charge in [-0.2, -0.15) is 0 Å². The molecule has 0 bridgehead atoms. The van der Waals surface area contributed by atoms with Gasteiger partial charge >= 0.3 is 0 Å². The van der Waals surface area contributed by atoms with Crippen molar-refractivity contribution in [2.24, 2.45) is 5.73 Å². The normalized spacial score (nSPS) is 13.3. The molecule has 4 nitrogen and oxygen atoms in total. The van der Waals surface area contributed by atoms with E-state index in [1.54, 1.807) is 17.4 Å². The first-order chi connectivity index (χ1) is 9.89. The van der Waals surface area contributed by atoms with Crippen LogP contribution in [0.2, 0.25) is 0 Å². The first-order valence-corrected chi connectivity index (χ1v) is 9.21. The number of hydrogen-bond acceptors (Lipinski definition) is 4. The molecule has 1 aromatic carbocycles. The summed E-state index contributed by atoms with van der Waals surface area (Å²) in [6.07, 6.45) is 0. The molecule has 114 valence electrons. The molecule has 0 spiro atoms. The van der Waals surface area contributed by atoms with Crippen LogP contribution in [-0.4, -0.2) is 8.42 Å². The monoisotopic (exact) mass is 324 g/mol. The zero-order chi connectivity index (χ0) is 15.5. The second-order valence-electron chi connectivity index (χ2n) is 5.07. The van der Waals surface area contributed by atoms with Crippen molar-refractivity contribution >= 4 is 21.4 Å². The highest BCUT2D eigenvalue weighted by Crippen LogP contribution is 2.23. The van der Waals surface area contributed by atoms with Gasteiger partial charge in [0.15, 0.2) is 0 Å². The number of nitrogens with one attached hydrogen (secondary N) is 1. The molecule has 1 unspecified atom stereocenters. The minimum Gasteiger partial charge on any atom is -0.326 e. The van der Waals surface area contributed by atoms with Crippen molar-refractivity contribution in [3.05, 3.63) is 57.3 Å². The molecule has 3 N–H and O–H groups in total. The summed E-state index contributed by atoms with van der Waals surface area (Å²) in [5, 5.41) is 0. The van der Waals surface area contributed by atoms with Gasteiger partial charge in [-0.3, -0.25) is 0 Å². The number of nitrogens with two attached hydrogens (primary N) is 1. The van der Waals surface area contributed by atoms with Gasteiger partial charge in [0.2, 0.25) is 10.0 Å². The highest BCUT2D eigenvalue weighted by Gasteiger charge is 2.17. The highest BCUT2D eigenvalue weighted by molar-refractivity contribution is 7.88. The van der Waals surface area contributed by atoms with Crippen molar-refractivity contribution in [3.63, 3.8) is 0 Å². The van der Waals surface area contributed by atoms with E-state index in [0.29, 0.717) is 6.54 Å². The lowest BCUT2D eigenvalue weighted by molar-refractivity contribution is 0.567. The van der Waals surface area contributed by atoms with E-state index >= 15 is 0 Å². The average molecular weight is 324 g/mol. The molecule has 1 atom stereocenters. The summed E-state index contributed by atoms with van der Waals surface area (Å²) in [7, 11) is -3.38. The lowest BCUT2D eigenvalue weighted by Gasteiger charge is -2.13. The molecule has 0 saturated carbocycles. The van der Waals surface area contributed by atoms with Crippen LogP contribution >= 0.6 is 11.3 Å². The Morgan fingerprint density at radius 2 is 1.95 bits per heavy atom. The molecular weight excluding hydrogens is 304 g/mol. The molecular formula is C15H20N2O2S2. The van der Waals surface area contributed by atoms with Crippen molar-refractivity contribution in [2.45, 2.75) is 32.2 Å². The maximum absolute atomic E-state index is 12.3. The fourth-order valence-electron chi connectivity index (χ4n) is 2.12. The van der Waals surface area contributed by atoms with E-state index in [0.717, 1.165) is 16.0 Å². The number of thiophene rings is 1. The zero-order valence-corrected chi connectivity index (χ0v) is 13.8. The molecule has 0 saturated heterocycles. The van der Waals surface area contributed by atoms with E-state index in [4.69, 9.17) is 5.73 Å². The molecule has 0 amide bonds. The van der Waals surface area contributed by atoms with E-state index in [-0.39, 0.29) is 11.8 Å². The zero-order valence-electron chi connectivity index (χ0n) is 12.2. The molecule has 1 aromatic heterocycles. The molecule has 21 heavy (non-hydrogen) atoms. The van der Waals surface area contributed by atoms with E-state index in [2.05, 4.69) is 4.72 Å². The number of hydrogen-bond donors (Lipinski definition) is 2. The van der Waals surface area contributed by atoms with Crippen LogP contribution in [-0.2, 0) is 22.3 Å². The van der Waals surface area contributed by atoms with E-state index in [1.807, 2.05) is 44.2 Å². The van der Waals surface area contributed by atoms with Gasteiger partial charge in [-0.25, -0.2) is 13.1 Å². The Morgan fingerprint density at radius 3 is 2.57 bits per heavy atom. The number of benzene rings is 1. The topological polar surface area (TPSA) is 72.2 Å². The van der Waals surface area contributed by atoms with E-state index < -0.39 is 10.0 Å². The fraction of sp³-hybridized carbons (Fsp3) is 0.333. The van der Waals surface area contributed by atoms with Gasteiger partial charge in [0.1, 0.15) is 0 Å². The predicted octanol–water partition coefficient (Wildman–Crippen LogP) is 2.70. The molecule has 0 aliphatic carbocycles. The molecule has 6 heteroatoms. The molecule has 0 aliphatic rings. The Kier molecular flexibility index (Phi) is 5.16. The summed E-state index contributed by atoms with van der Waals surface area (Å²) in [6.45, 7) is 4.28. The third kappa shape index (κ3) is 4.64. The van der Waals surface area contributed by atoms with Crippen LogP contribution in [0.15, 0.2) is 36.4 Å². The van der Waals surface area contributed by atoms with E-state index in [9.17, 15) is 8.42 Å². The summed E-state index contributed by atoms with van der Waals surface area (Å²) >= 11 is 1.61. The van der Waals surface area contributed by atoms with Gasteiger partial charge in [0.05, 0.1) is 11.8 Å². The van der Waals surface area contributed by atoms with Gasteiger partial charge < -0.3 is 5.73 Å². The van der Waals surface area contributed by atoms with Crippen molar-refractivity contribution in [2.75, 3.05) is 0 Å². The molecule has 2 rings (SSSR count). The van der Waals surface area contributed by atoms with Crippen molar-refractivity contribution in [3.8, 4) is 0 Å². The first kappa shape index (κ1) is 16.2.